The summed E-state index contributed by atoms with van der Waals surface area (Å²) in [6.07, 6.45) is 3.34. The van der Waals surface area contributed by atoms with E-state index in [1.807, 2.05) is 26.0 Å². The smallest absolute Gasteiger partial charge is 0.322 e. The topological polar surface area (TPSA) is 69.0 Å². The summed E-state index contributed by atoms with van der Waals surface area (Å²) in [4.78, 5) is 19.0. The summed E-state index contributed by atoms with van der Waals surface area (Å²) in [7, 11) is 0. The Balaban J connectivity index is 2.16. The van der Waals surface area contributed by atoms with Gasteiger partial charge in [-0.15, -0.1) is 11.3 Å². The van der Waals surface area contributed by atoms with Gasteiger partial charge in [-0.2, -0.15) is 5.26 Å². The number of urea groups is 1. The number of anilines is 1. The first kappa shape index (κ1) is 19.5. The number of rotatable bonds is 5. The lowest BCUT2D eigenvalue weighted by Crippen LogP contribution is -2.34. The van der Waals surface area contributed by atoms with Crippen LogP contribution in [-0.4, -0.2) is 29.0 Å². The Morgan fingerprint density at radius 2 is 1.79 bits per heavy atom. The second-order valence-electron chi connectivity index (χ2n) is 5.97. The molecule has 2 aromatic heterocycles. The first-order valence-electron chi connectivity index (χ1n) is 8.88. The fourth-order valence-corrected chi connectivity index (χ4v) is 4.08. The summed E-state index contributed by atoms with van der Waals surface area (Å²) in [5, 5.41) is 13.2. The van der Waals surface area contributed by atoms with Gasteiger partial charge in [0.2, 0.25) is 0 Å². The minimum atomic E-state index is -0.349. The van der Waals surface area contributed by atoms with Gasteiger partial charge in [0.15, 0.2) is 0 Å². The van der Waals surface area contributed by atoms with Crippen LogP contribution >= 0.6 is 11.3 Å². The molecule has 0 aliphatic rings. The number of nitrogens with one attached hydrogen (secondary N) is 1. The van der Waals surface area contributed by atoms with Crippen LogP contribution in [0.5, 0.6) is 0 Å². The molecule has 7 heteroatoms. The van der Waals surface area contributed by atoms with E-state index in [9.17, 15) is 14.4 Å². The van der Waals surface area contributed by atoms with Gasteiger partial charge in [0.1, 0.15) is 16.9 Å². The average molecular weight is 394 g/mol. The number of nitriles is 1. The molecule has 5 nitrogen and oxygen atoms in total. The van der Waals surface area contributed by atoms with Gasteiger partial charge in [0, 0.05) is 35.9 Å². The third kappa shape index (κ3) is 3.87. The first-order valence-corrected chi connectivity index (χ1v) is 9.69. The maximum absolute atomic E-state index is 13.4. The largest absolute Gasteiger partial charge is 0.325 e. The molecule has 0 fully saturated rings. The molecular formula is C21H19FN4OS. The van der Waals surface area contributed by atoms with Crippen LogP contribution in [0.15, 0.2) is 48.8 Å². The van der Waals surface area contributed by atoms with Gasteiger partial charge in [-0.05, 0) is 49.2 Å². The Bertz CT molecular complexity index is 1010. The van der Waals surface area contributed by atoms with Crippen molar-refractivity contribution in [3.8, 4) is 27.6 Å². The van der Waals surface area contributed by atoms with Crippen LogP contribution in [0, 0.1) is 17.1 Å². The minimum absolute atomic E-state index is 0.255. The van der Waals surface area contributed by atoms with Crippen LogP contribution in [-0.2, 0) is 0 Å². The molecule has 142 valence electrons. The monoisotopic (exact) mass is 394 g/mol. The summed E-state index contributed by atoms with van der Waals surface area (Å²) >= 11 is 1.33. The number of carbonyl (C=O) groups is 1. The molecule has 3 rings (SSSR count). The number of carbonyl (C=O) groups excluding carboxylic acids is 1. The van der Waals surface area contributed by atoms with Crippen LogP contribution < -0.4 is 5.32 Å². The van der Waals surface area contributed by atoms with E-state index >= 15 is 0 Å². The third-order valence-corrected chi connectivity index (χ3v) is 5.52. The molecule has 0 atom stereocenters. The normalized spacial score (nSPS) is 10.4. The van der Waals surface area contributed by atoms with Gasteiger partial charge < -0.3 is 4.90 Å². The number of benzene rings is 1. The highest BCUT2D eigenvalue weighted by Crippen LogP contribution is 2.45. The van der Waals surface area contributed by atoms with E-state index in [0.717, 1.165) is 10.4 Å². The number of hydrogen-bond acceptors (Lipinski definition) is 4. The van der Waals surface area contributed by atoms with Crippen molar-refractivity contribution in [1.82, 2.24) is 9.88 Å². The second-order valence-corrected chi connectivity index (χ2v) is 6.99. The Hall–Kier alpha value is -3.24. The highest BCUT2D eigenvalue weighted by Gasteiger charge is 2.23. The number of halogens is 1. The number of thiophene rings is 1. The Kier molecular flexibility index (Phi) is 6.02. The Morgan fingerprint density at radius 1 is 1.14 bits per heavy atom. The van der Waals surface area contributed by atoms with Crippen LogP contribution in [0.3, 0.4) is 0 Å². The lowest BCUT2D eigenvalue weighted by molar-refractivity contribution is 0.217. The Labute approximate surface area is 167 Å². The van der Waals surface area contributed by atoms with Crippen molar-refractivity contribution < 1.29 is 9.18 Å². The molecule has 2 amide bonds. The molecule has 1 N–H and O–H groups in total. The van der Waals surface area contributed by atoms with Crippen molar-refractivity contribution in [1.29, 1.82) is 5.26 Å². The van der Waals surface area contributed by atoms with E-state index in [2.05, 4.69) is 16.4 Å². The highest BCUT2D eigenvalue weighted by molar-refractivity contribution is 7.20. The van der Waals surface area contributed by atoms with Crippen LogP contribution in [0.25, 0.3) is 21.6 Å². The second kappa shape index (κ2) is 8.63. The summed E-state index contributed by atoms with van der Waals surface area (Å²) in [6, 6.07) is 11.6. The van der Waals surface area contributed by atoms with E-state index in [1.54, 1.807) is 29.4 Å². The van der Waals surface area contributed by atoms with Crippen molar-refractivity contribution in [3.63, 3.8) is 0 Å². The standard InChI is InChI=1S/C21H19FN4OS/c1-3-26(4-2)21(27)25-20-17(13-23)18(14-5-7-16(22)8-6-14)19(28-20)15-9-11-24-12-10-15/h5-12H,3-4H2,1-2H3,(H,25,27). The van der Waals surface area contributed by atoms with E-state index in [-0.39, 0.29) is 11.8 Å². The van der Waals surface area contributed by atoms with E-state index < -0.39 is 0 Å². The Morgan fingerprint density at radius 3 is 2.36 bits per heavy atom. The SMILES string of the molecule is CCN(CC)C(=O)Nc1sc(-c2ccncc2)c(-c2ccc(F)cc2)c1C#N. The third-order valence-electron chi connectivity index (χ3n) is 4.37. The van der Waals surface area contributed by atoms with Crippen LogP contribution in [0.4, 0.5) is 14.2 Å². The molecule has 0 aliphatic heterocycles. The van der Waals surface area contributed by atoms with Gasteiger partial charge in [-0.25, -0.2) is 9.18 Å². The summed E-state index contributed by atoms with van der Waals surface area (Å²) < 4.78 is 13.4. The van der Waals surface area contributed by atoms with Crippen molar-refractivity contribution in [2.45, 2.75) is 13.8 Å². The first-order chi connectivity index (χ1) is 13.6. The molecule has 0 bridgehead atoms. The van der Waals surface area contributed by atoms with E-state index in [4.69, 9.17) is 0 Å². The predicted molar refractivity (Wildman–Crippen MR) is 110 cm³/mol. The van der Waals surface area contributed by atoms with E-state index in [1.165, 1.54) is 23.5 Å². The fourth-order valence-electron chi connectivity index (χ4n) is 2.91. The molecule has 0 spiro atoms. The lowest BCUT2D eigenvalue weighted by atomic mass is 9.99. The lowest BCUT2D eigenvalue weighted by Gasteiger charge is -2.18. The maximum atomic E-state index is 13.4. The highest BCUT2D eigenvalue weighted by atomic mass is 32.1. The fraction of sp³-hybridized carbons (Fsp3) is 0.190. The molecule has 28 heavy (non-hydrogen) atoms. The van der Waals surface area contributed by atoms with Gasteiger partial charge in [0.25, 0.3) is 0 Å². The van der Waals surface area contributed by atoms with Crippen molar-refractivity contribution in [3.05, 3.63) is 60.2 Å². The molecule has 0 saturated carbocycles. The van der Waals surface area contributed by atoms with Crippen LogP contribution in [0.2, 0.25) is 0 Å². The molecule has 0 saturated heterocycles. The number of aromatic nitrogens is 1. The van der Waals surface area contributed by atoms with Gasteiger partial charge in [-0.3, -0.25) is 10.3 Å². The predicted octanol–water partition coefficient (Wildman–Crippen LogP) is 5.36. The number of amides is 2. The summed E-state index contributed by atoms with van der Waals surface area (Å²) in [6.45, 7) is 4.93. The van der Waals surface area contributed by atoms with Gasteiger partial charge in [-0.1, -0.05) is 12.1 Å². The number of nitrogens with zero attached hydrogens (tertiary/aromatic N) is 3. The molecule has 0 unspecified atom stereocenters. The van der Waals surface area contributed by atoms with Gasteiger partial charge in [0.05, 0.1) is 5.56 Å². The van der Waals surface area contributed by atoms with Crippen molar-refractivity contribution in [2.75, 3.05) is 18.4 Å². The molecule has 0 aliphatic carbocycles. The number of pyridine rings is 1. The minimum Gasteiger partial charge on any atom is -0.325 e. The molecule has 1 aromatic carbocycles. The zero-order valence-electron chi connectivity index (χ0n) is 15.6. The molecule has 3 aromatic rings. The zero-order valence-corrected chi connectivity index (χ0v) is 16.4. The molecule has 0 radical (unpaired) electrons. The quantitative estimate of drug-likeness (QED) is 0.633. The van der Waals surface area contributed by atoms with Crippen LogP contribution in [0.1, 0.15) is 19.4 Å². The average Bonchev–Trinajstić information content (AvgIpc) is 3.08. The zero-order chi connectivity index (χ0) is 20.1. The maximum Gasteiger partial charge on any atom is 0.322 e. The van der Waals surface area contributed by atoms with Crippen molar-refractivity contribution >= 4 is 22.4 Å². The van der Waals surface area contributed by atoms with Gasteiger partial charge >= 0.3 is 6.03 Å². The summed E-state index contributed by atoms with van der Waals surface area (Å²) in [5.41, 5.74) is 2.63. The number of hydrogen-bond donors (Lipinski definition) is 1. The van der Waals surface area contributed by atoms with E-state index in [0.29, 0.717) is 34.8 Å². The van der Waals surface area contributed by atoms with Crippen molar-refractivity contribution in [2.24, 2.45) is 0 Å². The molecular weight excluding hydrogens is 375 g/mol. The summed E-state index contributed by atoms with van der Waals surface area (Å²) in [5.74, 6) is -0.349. The molecule has 2 heterocycles.